The summed E-state index contributed by atoms with van der Waals surface area (Å²) < 4.78 is 26.2. The van der Waals surface area contributed by atoms with Gasteiger partial charge in [-0.05, 0) is 19.3 Å². The lowest BCUT2D eigenvalue weighted by atomic mass is 9.93. The Hall–Kier alpha value is 0.640. The van der Waals surface area contributed by atoms with Gasteiger partial charge in [0.05, 0.1) is 5.75 Å². The van der Waals surface area contributed by atoms with Gasteiger partial charge in [0.25, 0.3) is 0 Å². The summed E-state index contributed by atoms with van der Waals surface area (Å²) in [6, 6.07) is 0. The van der Waals surface area contributed by atoms with Gasteiger partial charge in [0.1, 0.15) is 0 Å². The zero-order chi connectivity index (χ0) is 9.53. The smallest absolute Gasteiger partial charge is 0.212 e. The van der Waals surface area contributed by atoms with E-state index >= 15 is 0 Å². The Kier molecular flexibility index (Phi) is 2.61. The second-order valence-electron chi connectivity index (χ2n) is 4.17. The summed E-state index contributed by atoms with van der Waals surface area (Å²) in [5.74, 6) is 0.301. The van der Waals surface area contributed by atoms with Crippen LogP contribution in [0.3, 0.4) is 0 Å². The molecule has 1 saturated heterocycles. The average Bonchev–Trinajstić information content (AvgIpc) is 2.31. The van der Waals surface area contributed by atoms with Gasteiger partial charge in [-0.1, -0.05) is 35.4 Å². The van der Waals surface area contributed by atoms with E-state index < -0.39 is 10.0 Å². The van der Waals surface area contributed by atoms with Crippen molar-refractivity contribution in [3.63, 3.8) is 0 Å². The van der Waals surface area contributed by atoms with Crippen LogP contribution in [0.25, 0.3) is 0 Å². The van der Waals surface area contributed by atoms with Gasteiger partial charge in [-0.3, -0.25) is 0 Å². The fraction of sp³-hybridized carbons (Fsp3) is 1.00. The van der Waals surface area contributed by atoms with Crippen molar-refractivity contribution in [3.8, 4) is 0 Å². The molecule has 5 heteroatoms. The molecule has 1 aliphatic carbocycles. The lowest BCUT2D eigenvalue weighted by molar-refractivity contribution is 0.351. The van der Waals surface area contributed by atoms with E-state index in [4.69, 9.17) is 0 Å². The molecule has 0 radical (unpaired) electrons. The zero-order valence-electron chi connectivity index (χ0n) is 7.42. The molecule has 1 heterocycles. The van der Waals surface area contributed by atoms with Crippen LogP contribution < -0.4 is 4.72 Å². The van der Waals surface area contributed by atoms with E-state index in [0.29, 0.717) is 9.68 Å². The Morgan fingerprint density at radius 1 is 1.31 bits per heavy atom. The summed E-state index contributed by atoms with van der Waals surface area (Å²) in [6.07, 6.45) is 5.43. The van der Waals surface area contributed by atoms with Gasteiger partial charge in [-0.15, -0.1) is 0 Å². The van der Waals surface area contributed by atoms with E-state index in [-0.39, 0.29) is 5.54 Å². The van der Waals surface area contributed by atoms with Crippen LogP contribution in [0, 0.1) is 0 Å². The van der Waals surface area contributed by atoms with Crippen molar-refractivity contribution in [3.05, 3.63) is 0 Å². The van der Waals surface area contributed by atoms with E-state index in [0.717, 1.165) is 19.3 Å². The van der Waals surface area contributed by atoms with Crippen molar-refractivity contribution < 1.29 is 8.42 Å². The van der Waals surface area contributed by atoms with Gasteiger partial charge in [0.15, 0.2) is 0 Å². The Balaban J connectivity index is 2.22. The van der Waals surface area contributed by atoms with E-state index in [1.807, 2.05) is 0 Å². The third-order valence-corrected chi connectivity index (χ3v) is 6.01. The summed E-state index contributed by atoms with van der Waals surface area (Å²) in [4.78, 5) is 0. The fourth-order valence-corrected chi connectivity index (χ4v) is 6.38. The van der Waals surface area contributed by atoms with Gasteiger partial charge in [-0.25, -0.2) is 13.1 Å². The predicted molar refractivity (Wildman–Crippen MR) is 60.5 cm³/mol. The van der Waals surface area contributed by atoms with E-state index in [1.165, 1.54) is 12.8 Å². The molecule has 2 aliphatic rings. The molecule has 0 bridgehead atoms. The Morgan fingerprint density at radius 3 is 2.46 bits per heavy atom. The summed E-state index contributed by atoms with van der Waals surface area (Å²) in [5.41, 5.74) is -0.0665. The molecule has 1 saturated carbocycles. The highest BCUT2D eigenvalue weighted by Crippen LogP contribution is 2.38. The van der Waals surface area contributed by atoms with Crippen LogP contribution in [0.15, 0.2) is 0 Å². The van der Waals surface area contributed by atoms with Crippen molar-refractivity contribution in [2.75, 3.05) is 5.75 Å². The van der Waals surface area contributed by atoms with E-state index in [1.54, 1.807) is 0 Å². The molecule has 2 fully saturated rings. The largest absolute Gasteiger partial charge is 0.213 e. The zero-order valence-corrected chi connectivity index (χ0v) is 10.4. The molecule has 0 amide bonds. The first-order valence-corrected chi connectivity index (χ1v) is 7.57. The van der Waals surface area contributed by atoms with Crippen LogP contribution in [-0.4, -0.2) is 23.6 Å². The molecule has 3 nitrogen and oxygen atoms in total. The molecule has 0 aromatic heterocycles. The Morgan fingerprint density at radius 2 is 1.92 bits per heavy atom. The van der Waals surface area contributed by atoms with Gasteiger partial charge in [0, 0.05) is 9.46 Å². The van der Waals surface area contributed by atoms with Gasteiger partial charge < -0.3 is 0 Å². The first kappa shape index (κ1) is 10.2. The first-order valence-electron chi connectivity index (χ1n) is 4.67. The maximum atomic E-state index is 11.5. The van der Waals surface area contributed by atoms with Crippen LogP contribution in [0.2, 0.25) is 0 Å². The number of sulfonamides is 1. The molecule has 0 aromatic carbocycles. The van der Waals surface area contributed by atoms with Crippen LogP contribution in [0.4, 0.5) is 0 Å². The fourth-order valence-electron chi connectivity index (χ4n) is 2.49. The van der Waals surface area contributed by atoms with Crippen LogP contribution in [-0.2, 0) is 10.0 Å². The molecule has 1 spiro atoms. The van der Waals surface area contributed by atoms with Crippen molar-refractivity contribution in [2.24, 2.45) is 0 Å². The van der Waals surface area contributed by atoms with Crippen molar-refractivity contribution in [2.45, 2.75) is 41.6 Å². The molecule has 0 unspecified atom stereocenters. The maximum absolute atomic E-state index is 11.5. The average molecular weight is 315 g/mol. The Bertz CT molecular complexity index is 295. The first-order chi connectivity index (χ1) is 6.02. The summed E-state index contributed by atoms with van der Waals surface area (Å²) >= 11 is 2.26. The van der Waals surface area contributed by atoms with Crippen molar-refractivity contribution >= 4 is 32.6 Å². The quantitative estimate of drug-likeness (QED) is 0.543. The molecule has 1 N–H and O–H groups in total. The second-order valence-corrected chi connectivity index (χ2v) is 7.70. The molecule has 13 heavy (non-hydrogen) atoms. The minimum absolute atomic E-state index is 0.0665. The Labute approximate surface area is 92.9 Å². The SMILES string of the molecule is O=S1(=O)C[C@@H](I)CC2(CCCC2)N1. The molecular formula is C8H14INO2S. The van der Waals surface area contributed by atoms with Crippen molar-refractivity contribution in [1.29, 1.82) is 0 Å². The molecule has 1 atom stereocenters. The topological polar surface area (TPSA) is 46.2 Å². The second kappa shape index (κ2) is 3.34. The predicted octanol–water partition coefficient (Wildman–Crippen LogP) is 1.43. The van der Waals surface area contributed by atoms with Gasteiger partial charge in [-0.2, -0.15) is 0 Å². The van der Waals surface area contributed by atoms with E-state index in [2.05, 4.69) is 27.3 Å². The molecule has 2 rings (SSSR count). The lowest BCUT2D eigenvalue weighted by Gasteiger charge is -2.36. The van der Waals surface area contributed by atoms with Gasteiger partial charge in [0.2, 0.25) is 10.0 Å². The minimum atomic E-state index is -2.98. The van der Waals surface area contributed by atoms with E-state index in [9.17, 15) is 8.42 Å². The van der Waals surface area contributed by atoms with Gasteiger partial charge >= 0.3 is 0 Å². The normalized spacial score (nSPS) is 36.5. The molecular weight excluding hydrogens is 301 g/mol. The highest BCUT2D eigenvalue weighted by atomic mass is 127. The third kappa shape index (κ3) is 2.18. The lowest BCUT2D eigenvalue weighted by Crippen LogP contribution is -2.54. The number of halogens is 1. The highest BCUT2D eigenvalue weighted by molar-refractivity contribution is 14.1. The highest BCUT2D eigenvalue weighted by Gasteiger charge is 2.43. The molecule has 0 aromatic rings. The monoisotopic (exact) mass is 315 g/mol. The molecule has 1 aliphatic heterocycles. The van der Waals surface area contributed by atoms with Crippen molar-refractivity contribution in [1.82, 2.24) is 4.72 Å². The van der Waals surface area contributed by atoms with Crippen LogP contribution >= 0.6 is 22.6 Å². The number of rotatable bonds is 0. The molecule has 76 valence electrons. The summed E-state index contributed by atoms with van der Waals surface area (Å²) in [7, 11) is -2.98. The minimum Gasteiger partial charge on any atom is -0.212 e. The summed E-state index contributed by atoms with van der Waals surface area (Å²) in [5, 5.41) is 0. The standard InChI is InChI=1S/C8H14INO2S/c9-7-5-8(3-1-2-4-8)10-13(11,12)6-7/h7,10H,1-6H2/t7-/m0/s1. The number of hydrogen-bond acceptors (Lipinski definition) is 2. The number of hydrogen-bond donors (Lipinski definition) is 1. The summed E-state index contributed by atoms with van der Waals surface area (Å²) in [6.45, 7) is 0. The number of alkyl halides is 1. The van der Waals surface area contributed by atoms with Crippen LogP contribution in [0.5, 0.6) is 0 Å². The third-order valence-electron chi connectivity index (χ3n) is 2.95. The number of nitrogens with one attached hydrogen (secondary N) is 1. The maximum Gasteiger partial charge on any atom is 0.213 e. The van der Waals surface area contributed by atoms with Crippen LogP contribution in [0.1, 0.15) is 32.1 Å².